The number of para-hydroxylation sites is 1. The van der Waals surface area contributed by atoms with Gasteiger partial charge < -0.3 is 4.42 Å². The third kappa shape index (κ3) is 2.19. The molecule has 1 aromatic heterocycles. The average molecular weight is 272 g/mol. The van der Waals surface area contributed by atoms with E-state index in [1.807, 2.05) is 60.7 Å². The number of hydrogen-bond donors (Lipinski definition) is 0. The molecule has 0 atom stereocenters. The zero-order valence-corrected chi connectivity index (χ0v) is 11.2. The van der Waals surface area contributed by atoms with E-state index in [1.54, 1.807) is 6.20 Å². The van der Waals surface area contributed by atoms with E-state index in [1.165, 1.54) is 0 Å². The van der Waals surface area contributed by atoms with Crippen LogP contribution in [0, 0.1) is 0 Å². The van der Waals surface area contributed by atoms with Gasteiger partial charge in [0.2, 0.25) is 5.55 Å². The van der Waals surface area contributed by atoms with Crippen LogP contribution >= 0.6 is 0 Å². The number of rotatable bonds is 1. The molecule has 1 heterocycles. The minimum atomic E-state index is 0.504. The van der Waals surface area contributed by atoms with Crippen molar-refractivity contribution in [3.05, 3.63) is 78.5 Å². The van der Waals surface area contributed by atoms with Gasteiger partial charge in [-0.2, -0.15) is 0 Å². The maximum atomic E-state index is 5.84. The van der Waals surface area contributed by atoms with E-state index in [-0.39, 0.29) is 0 Å². The molecule has 0 aliphatic carbocycles. The first-order valence-electron chi connectivity index (χ1n) is 6.77. The molecule has 0 spiro atoms. The van der Waals surface area contributed by atoms with Crippen molar-refractivity contribution >= 4 is 27.6 Å². The summed E-state index contributed by atoms with van der Waals surface area (Å²) in [6.07, 6.45) is 1.67. The fourth-order valence-corrected chi connectivity index (χ4v) is 2.39. The lowest BCUT2D eigenvalue weighted by molar-refractivity contribution is 0.539. The number of hydrogen-bond acceptors (Lipinski definition) is 3. The molecule has 0 bridgehead atoms. The van der Waals surface area contributed by atoms with Crippen molar-refractivity contribution in [1.82, 2.24) is 4.98 Å². The molecule has 0 saturated heterocycles. The van der Waals surface area contributed by atoms with Crippen molar-refractivity contribution in [3.63, 3.8) is 0 Å². The molecule has 3 heteroatoms. The van der Waals surface area contributed by atoms with Crippen LogP contribution in [0.25, 0.3) is 21.9 Å². The molecule has 0 saturated carbocycles. The second-order valence-electron chi connectivity index (χ2n) is 4.78. The largest absolute Gasteiger partial charge is 0.435 e. The third-order valence-corrected chi connectivity index (χ3v) is 3.38. The lowest BCUT2D eigenvalue weighted by Gasteiger charge is -2.01. The van der Waals surface area contributed by atoms with Crippen LogP contribution in [-0.4, -0.2) is 4.98 Å². The normalized spacial score (nSPS) is 12.1. The molecular weight excluding hydrogens is 260 g/mol. The van der Waals surface area contributed by atoms with Crippen LogP contribution in [0.2, 0.25) is 0 Å². The van der Waals surface area contributed by atoms with Crippen molar-refractivity contribution in [2.24, 2.45) is 4.99 Å². The summed E-state index contributed by atoms with van der Waals surface area (Å²) in [6.45, 7) is 0. The van der Waals surface area contributed by atoms with Gasteiger partial charge in [-0.25, -0.2) is 9.98 Å². The molecule has 4 aromatic rings. The first-order valence-corrected chi connectivity index (χ1v) is 6.77. The van der Waals surface area contributed by atoms with Crippen molar-refractivity contribution < 1.29 is 4.42 Å². The van der Waals surface area contributed by atoms with Crippen molar-refractivity contribution in [2.45, 2.75) is 0 Å². The third-order valence-electron chi connectivity index (χ3n) is 3.38. The molecule has 0 radical (unpaired) electrons. The van der Waals surface area contributed by atoms with Gasteiger partial charge in [0.25, 0.3) is 0 Å². The number of benzene rings is 3. The van der Waals surface area contributed by atoms with Crippen LogP contribution in [0.15, 0.2) is 82.3 Å². The monoisotopic (exact) mass is 272 g/mol. The maximum Gasteiger partial charge on any atom is 0.238 e. The van der Waals surface area contributed by atoms with Gasteiger partial charge in [-0.15, -0.1) is 0 Å². The van der Waals surface area contributed by atoms with E-state index in [0.717, 1.165) is 27.6 Å². The van der Waals surface area contributed by atoms with Crippen LogP contribution in [-0.2, 0) is 0 Å². The summed E-state index contributed by atoms with van der Waals surface area (Å²) in [5.41, 5.74) is 2.96. The second kappa shape index (κ2) is 4.87. The first kappa shape index (κ1) is 11.9. The fourth-order valence-electron chi connectivity index (χ4n) is 2.39. The van der Waals surface area contributed by atoms with Crippen LogP contribution in [0.4, 0.5) is 5.69 Å². The van der Waals surface area contributed by atoms with Crippen LogP contribution in [0.3, 0.4) is 0 Å². The summed E-state index contributed by atoms with van der Waals surface area (Å²) < 4.78 is 5.84. The van der Waals surface area contributed by atoms with Crippen molar-refractivity contribution in [1.29, 1.82) is 0 Å². The molecule has 100 valence electrons. The zero-order chi connectivity index (χ0) is 14.1. The molecule has 0 aliphatic heterocycles. The van der Waals surface area contributed by atoms with E-state index in [2.05, 4.69) is 16.0 Å². The highest BCUT2D eigenvalue weighted by atomic mass is 16.3. The molecule has 3 aromatic carbocycles. The second-order valence-corrected chi connectivity index (χ2v) is 4.78. The minimum absolute atomic E-state index is 0.504. The van der Waals surface area contributed by atoms with E-state index in [0.29, 0.717) is 5.55 Å². The molecule has 0 N–H and O–H groups in total. The molecule has 0 amide bonds. The Labute approximate surface area is 121 Å². The predicted molar refractivity (Wildman–Crippen MR) is 83.2 cm³/mol. The van der Waals surface area contributed by atoms with Crippen molar-refractivity contribution in [3.8, 4) is 0 Å². The highest BCUT2D eigenvalue weighted by Gasteiger charge is 2.02. The van der Waals surface area contributed by atoms with Crippen LogP contribution < -0.4 is 5.55 Å². The molecule has 4 rings (SSSR count). The Bertz CT molecular complexity index is 988. The topological polar surface area (TPSA) is 38.4 Å². The summed E-state index contributed by atoms with van der Waals surface area (Å²) in [4.78, 5) is 8.96. The zero-order valence-electron chi connectivity index (χ0n) is 11.2. The number of fused-ring (bicyclic) bond motifs is 3. The Kier molecular flexibility index (Phi) is 2.75. The van der Waals surface area contributed by atoms with Gasteiger partial charge in [-0.3, -0.25) is 0 Å². The molecule has 0 aliphatic rings. The van der Waals surface area contributed by atoms with E-state index in [4.69, 9.17) is 4.42 Å². The van der Waals surface area contributed by atoms with Gasteiger partial charge >= 0.3 is 0 Å². The summed E-state index contributed by atoms with van der Waals surface area (Å²) >= 11 is 0. The van der Waals surface area contributed by atoms with Gasteiger partial charge in [0, 0.05) is 5.39 Å². The Morgan fingerprint density at radius 2 is 1.62 bits per heavy atom. The lowest BCUT2D eigenvalue weighted by atomic mass is 10.1. The van der Waals surface area contributed by atoms with Crippen molar-refractivity contribution in [2.75, 3.05) is 0 Å². The molecular formula is C18H12N2O. The standard InChI is InChI=1S/C18H12N2O/c1-2-7-14(8-3-1)20-17-12-19-18-15-9-5-4-6-13(15)10-11-16(18)21-17/h1-12H. The summed E-state index contributed by atoms with van der Waals surface area (Å²) in [6, 6.07) is 21.8. The molecule has 3 nitrogen and oxygen atoms in total. The maximum absolute atomic E-state index is 5.84. The Morgan fingerprint density at radius 1 is 0.810 bits per heavy atom. The first-order chi connectivity index (χ1) is 10.4. The summed E-state index contributed by atoms with van der Waals surface area (Å²) in [5.74, 6) is 0. The molecule has 21 heavy (non-hydrogen) atoms. The highest BCUT2D eigenvalue weighted by Crippen LogP contribution is 2.22. The van der Waals surface area contributed by atoms with Gasteiger partial charge in [0.15, 0.2) is 5.58 Å². The minimum Gasteiger partial charge on any atom is -0.435 e. The fraction of sp³-hybridized carbons (Fsp3) is 0. The summed E-state index contributed by atoms with van der Waals surface area (Å²) in [7, 11) is 0. The van der Waals surface area contributed by atoms with E-state index >= 15 is 0 Å². The van der Waals surface area contributed by atoms with E-state index in [9.17, 15) is 0 Å². The highest BCUT2D eigenvalue weighted by molar-refractivity contribution is 6.02. The Balaban J connectivity index is 1.95. The number of aromatic nitrogens is 1. The summed E-state index contributed by atoms with van der Waals surface area (Å²) in [5, 5.41) is 2.24. The SMILES string of the molecule is c1ccc(N=c2cnc3c(ccc4ccccc43)o2)cc1. The van der Waals surface area contributed by atoms with Crippen LogP contribution in [0.5, 0.6) is 0 Å². The van der Waals surface area contributed by atoms with Gasteiger partial charge in [-0.1, -0.05) is 48.5 Å². The van der Waals surface area contributed by atoms with Gasteiger partial charge in [0.1, 0.15) is 5.52 Å². The molecule has 0 unspecified atom stereocenters. The van der Waals surface area contributed by atoms with Gasteiger partial charge in [-0.05, 0) is 23.6 Å². The smallest absolute Gasteiger partial charge is 0.238 e. The average Bonchev–Trinajstić information content (AvgIpc) is 2.55. The molecule has 0 fully saturated rings. The lowest BCUT2D eigenvalue weighted by Crippen LogP contribution is -2.01. The van der Waals surface area contributed by atoms with E-state index < -0.39 is 0 Å². The quantitative estimate of drug-likeness (QED) is 0.487. The predicted octanol–water partition coefficient (Wildman–Crippen LogP) is 4.21. The van der Waals surface area contributed by atoms with Gasteiger partial charge in [0.05, 0.1) is 11.9 Å². The van der Waals surface area contributed by atoms with Crippen LogP contribution in [0.1, 0.15) is 0 Å². The Morgan fingerprint density at radius 3 is 2.52 bits per heavy atom. The Hall–Kier alpha value is -2.94. The number of nitrogens with zero attached hydrogens (tertiary/aromatic N) is 2.